The summed E-state index contributed by atoms with van der Waals surface area (Å²) >= 11 is 0. The number of carbonyl (C=O) groups is 2. The Morgan fingerprint density at radius 2 is 1.97 bits per heavy atom. The Labute approximate surface area is 218 Å². The number of carbonyl (C=O) groups excluding carboxylic acids is 2. The summed E-state index contributed by atoms with van der Waals surface area (Å²) in [4.78, 5) is 37.4. The van der Waals surface area contributed by atoms with Gasteiger partial charge in [0, 0.05) is 62.3 Å². The van der Waals surface area contributed by atoms with E-state index in [1.54, 1.807) is 12.1 Å². The molecule has 0 spiro atoms. The molecule has 4 atom stereocenters. The second kappa shape index (κ2) is 9.17. The van der Waals surface area contributed by atoms with Crippen LogP contribution in [0, 0.1) is 17.7 Å². The van der Waals surface area contributed by atoms with Crippen LogP contribution in [0.2, 0.25) is 0 Å². The van der Waals surface area contributed by atoms with Gasteiger partial charge < -0.3 is 15.1 Å². The molecule has 2 amide bonds. The lowest BCUT2D eigenvalue weighted by Gasteiger charge is -2.41. The predicted molar refractivity (Wildman–Crippen MR) is 140 cm³/mol. The minimum absolute atomic E-state index is 0.0715. The second-order valence-electron chi connectivity index (χ2n) is 12.1. The number of anilines is 1. The number of piperazine rings is 1. The molecule has 1 aromatic carbocycles. The summed E-state index contributed by atoms with van der Waals surface area (Å²) in [5.41, 5.74) is 3.59. The highest BCUT2D eigenvalue weighted by Gasteiger charge is 2.52. The number of pyridine rings is 1. The molecule has 0 radical (unpaired) electrons. The molecular weight excluding hydrogens is 469 g/mol. The third kappa shape index (κ3) is 4.77. The molecule has 8 heteroatoms. The number of piperidine rings is 1. The van der Waals surface area contributed by atoms with Crippen LogP contribution < -0.4 is 10.2 Å². The van der Waals surface area contributed by atoms with Crippen molar-refractivity contribution in [1.29, 1.82) is 0 Å². The third-order valence-electron chi connectivity index (χ3n) is 8.53. The van der Waals surface area contributed by atoms with Gasteiger partial charge in [-0.3, -0.25) is 19.5 Å². The van der Waals surface area contributed by atoms with Gasteiger partial charge in [0.25, 0.3) is 0 Å². The van der Waals surface area contributed by atoms with Gasteiger partial charge in [-0.05, 0) is 55.0 Å². The summed E-state index contributed by atoms with van der Waals surface area (Å²) in [7, 11) is 0. The standard InChI is InChI=1S/C29H36FN5O2/c1-18-13-33(23(12-31-18)15-34-14-21-10-24(21)28(34)37)16-26(36)35-17-29(2,3)27-25(35)9-20(11-32-27)8-19-4-6-22(30)7-5-19/h4-7,9,11,18,21,23-24,31H,8,10,12-17H2,1-3H3/t18?,21?,23-,24?/m1/s1. The number of likely N-dealkylation sites (tertiary alicyclic amines) is 1. The Balaban J connectivity index is 1.19. The maximum Gasteiger partial charge on any atom is 0.241 e. The smallest absolute Gasteiger partial charge is 0.241 e. The van der Waals surface area contributed by atoms with Crippen LogP contribution in [-0.2, 0) is 21.4 Å². The van der Waals surface area contributed by atoms with E-state index in [9.17, 15) is 14.0 Å². The van der Waals surface area contributed by atoms with Crippen LogP contribution in [0.15, 0.2) is 36.5 Å². The highest BCUT2D eigenvalue weighted by atomic mass is 19.1. The second-order valence-corrected chi connectivity index (χ2v) is 12.1. The lowest BCUT2D eigenvalue weighted by atomic mass is 9.91. The zero-order valence-electron chi connectivity index (χ0n) is 21.9. The summed E-state index contributed by atoms with van der Waals surface area (Å²) in [6, 6.07) is 9.01. The molecule has 37 heavy (non-hydrogen) atoms. The van der Waals surface area contributed by atoms with Crippen molar-refractivity contribution in [3.63, 3.8) is 0 Å². The predicted octanol–water partition coefficient (Wildman–Crippen LogP) is 2.58. The zero-order valence-corrected chi connectivity index (χ0v) is 21.9. The number of hydrogen-bond acceptors (Lipinski definition) is 5. The highest BCUT2D eigenvalue weighted by Crippen LogP contribution is 2.46. The van der Waals surface area contributed by atoms with Crippen LogP contribution in [-0.4, -0.2) is 78.0 Å². The molecule has 4 heterocycles. The minimum Gasteiger partial charge on any atom is -0.341 e. The molecule has 1 saturated carbocycles. The SMILES string of the molecule is CC1CN(CC(=O)N2CC(C)(C)c3ncc(Cc4ccc(F)cc4)cc32)[C@@H](CN2CC3CC3C2=O)CN1. The summed E-state index contributed by atoms with van der Waals surface area (Å²) < 4.78 is 13.3. The maximum absolute atomic E-state index is 13.8. The number of rotatable bonds is 6. The van der Waals surface area contributed by atoms with Gasteiger partial charge >= 0.3 is 0 Å². The number of halogens is 1. The van der Waals surface area contributed by atoms with Crippen molar-refractivity contribution in [3.05, 3.63) is 59.2 Å². The van der Waals surface area contributed by atoms with Crippen LogP contribution >= 0.6 is 0 Å². The molecule has 3 aliphatic heterocycles. The minimum atomic E-state index is -0.249. The van der Waals surface area contributed by atoms with E-state index in [1.807, 2.05) is 16.0 Å². The first-order valence-corrected chi connectivity index (χ1v) is 13.5. The van der Waals surface area contributed by atoms with E-state index in [0.717, 1.165) is 48.6 Å². The molecular formula is C29H36FN5O2. The van der Waals surface area contributed by atoms with E-state index in [2.05, 4.69) is 37.1 Å². The van der Waals surface area contributed by atoms with Gasteiger partial charge in [0.1, 0.15) is 5.82 Å². The first kappa shape index (κ1) is 24.5. The summed E-state index contributed by atoms with van der Waals surface area (Å²) in [5.74, 6) is 0.927. The molecule has 1 N–H and O–H groups in total. The van der Waals surface area contributed by atoms with Gasteiger partial charge in [-0.2, -0.15) is 0 Å². The molecule has 4 aliphatic rings. The van der Waals surface area contributed by atoms with Crippen LogP contribution in [0.4, 0.5) is 10.1 Å². The number of amides is 2. The van der Waals surface area contributed by atoms with Gasteiger partial charge in [-0.25, -0.2) is 4.39 Å². The van der Waals surface area contributed by atoms with E-state index in [4.69, 9.17) is 4.98 Å². The lowest BCUT2D eigenvalue weighted by Crippen LogP contribution is -2.61. The lowest BCUT2D eigenvalue weighted by molar-refractivity contribution is -0.131. The van der Waals surface area contributed by atoms with Crippen molar-refractivity contribution >= 4 is 17.5 Å². The summed E-state index contributed by atoms with van der Waals surface area (Å²) in [5, 5.41) is 3.54. The Kier molecular flexibility index (Phi) is 6.07. The van der Waals surface area contributed by atoms with Crippen molar-refractivity contribution in [2.75, 3.05) is 44.2 Å². The summed E-state index contributed by atoms with van der Waals surface area (Å²) in [6.07, 6.45) is 3.56. The van der Waals surface area contributed by atoms with Gasteiger partial charge in [0.05, 0.1) is 17.9 Å². The molecule has 7 nitrogen and oxygen atoms in total. The van der Waals surface area contributed by atoms with Crippen LogP contribution in [0.5, 0.6) is 0 Å². The van der Waals surface area contributed by atoms with E-state index in [-0.39, 0.29) is 35.1 Å². The monoisotopic (exact) mass is 505 g/mol. The van der Waals surface area contributed by atoms with E-state index < -0.39 is 0 Å². The van der Waals surface area contributed by atoms with Gasteiger partial charge in [-0.15, -0.1) is 0 Å². The first-order valence-electron chi connectivity index (χ1n) is 13.5. The topological polar surface area (TPSA) is 68.8 Å². The number of fused-ring (bicyclic) bond motifs is 2. The Bertz CT molecular complexity index is 1220. The van der Waals surface area contributed by atoms with E-state index in [1.165, 1.54) is 12.1 Å². The fourth-order valence-electron chi connectivity index (χ4n) is 6.38. The number of benzene rings is 1. The van der Waals surface area contributed by atoms with Crippen molar-refractivity contribution in [2.45, 2.75) is 51.1 Å². The Hall–Kier alpha value is -2.84. The molecule has 1 aliphatic carbocycles. The molecule has 2 aromatic rings. The average Bonchev–Trinajstić information content (AvgIpc) is 3.49. The van der Waals surface area contributed by atoms with Gasteiger partial charge in [-0.1, -0.05) is 26.0 Å². The largest absolute Gasteiger partial charge is 0.341 e. The molecule has 196 valence electrons. The van der Waals surface area contributed by atoms with Crippen molar-refractivity contribution < 1.29 is 14.0 Å². The number of nitrogens with zero attached hydrogens (tertiary/aromatic N) is 4. The number of aromatic nitrogens is 1. The fourth-order valence-corrected chi connectivity index (χ4v) is 6.38. The van der Waals surface area contributed by atoms with Crippen molar-refractivity contribution in [1.82, 2.24) is 20.1 Å². The van der Waals surface area contributed by atoms with Crippen molar-refractivity contribution in [3.8, 4) is 0 Å². The average molecular weight is 506 g/mol. The van der Waals surface area contributed by atoms with Crippen LogP contribution in [0.1, 0.15) is 44.0 Å². The molecule has 0 bridgehead atoms. The van der Waals surface area contributed by atoms with E-state index >= 15 is 0 Å². The zero-order chi connectivity index (χ0) is 25.9. The molecule has 3 unspecified atom stereocenters. The van der Waals surface area contributed by atoms with Crippen LogP contribution in [0.25, 0.3) is 0 Å². The fraction of sp³-hybridized carbons (Fsp3) is 0.552. The van der Waals surface area contributed by atoms with E-state index in [0.29, 0.717) is 37.9 Å². The highest BCUT2D eigenvalue weighted by molar-refractivity contribution is 5.97. The van der Waals surface area contributed by atoms with Crippen molar-refractivity contribution in [2.24, 2.45) is 11.8 Å². The summed E-state index contributed by atoms with van der Waals surface area (Å²) in [6.45, 7) is 10.4. The van der Waals surface area contributed by atoms with Gasteiger partial charge in [0.15, 0.2) is 0 Å². The quantitative estimate of drug-likeness (QED) is 0.654. The normalized spacial score (nSPS) is 28.4. The Morgan fingerprint density at radius 3 is 2.70 bits per heavy atom. The first-order chi connectivity index (χ1) is 17.7. The molecule has 6 rings (SSSR count). The van der Waals surface area contributed by atoms with Crippen LogP contribution in [0.3, 0.4) is 0 Å². The molecule has 3 fully saturated rings. The Morgan fingerprint density at radius 1 is 1.19 bits per heavy atom. The van der Waals surface area contributed by atoms with Gasteiger partial charge in [0.2, 0.25) is 11.8 Å². The molecule has 2 saturated heterocycles. The maximum atomic E-state index is 13.8. The third-order valence-corrected chi connectivity index (χ3v) is 8.53. The molecule has 1 aromatic heterocycles. The number of hydrogen-bond donors (Lipinski definition) is 1. The number of nitrogens with one attached hydrogen (secondary N) is 1.